The van der Waals surface area contributed by atoms with Gasteiger partial charge in [0.05, 0.1) is 7.11 Å². The molecule has 0 atom stereocenters. The highest BCUT2D eigenvalue weighted by atomic mass is 16.5. The third-order valence-electron chi connectivity index (χ3n) is 3.16. The molecule has 0 bridgehead atoms. The van der Waals surface area contributed by atoms with Crippen LogP contribution in [-0.2, 0) is 6.42 Å². The third-order valence-corrected chi connectivity index (χ3v) is 3.16. The Bertz CT molecular complexity index is 500. The zero-order chi connectivity index (χ0) is 12.3. The summed E-state index contributed by atoms with van der Waals surface area (Å²) >= 11 is 0. The van der Waals surface area contributed by atoms with Crippen molar-refractivity contribution in [1.82, 2.24) is 0 Å². The number of hydrogen-bond acceptors (Lipinski definition) is 1. The maximum absolute atomic E-state index is 5.45. The minimum atomic E-state index is 0.962. The largest absolute Gasteiger partial charge is 0.496 e. The van der Waals surface area contributed by atoms with E-state index in [1.54, 1.807) is 7.11 Å². The quantitative estimate of drug-likeness (QED) is 0.771. The molecule has 0 radical (unpaired) electrons. The lowest BCUT2D eigenvalue weighted by atomic mass is 9.98. The van der Waals surface area contributed by atoms with Crippen molar-refractivity contribution in [3.8, 4) is 5.75 Å². The number of hydrogen-bond donors (Lipinski definition) is 0. The predicted molar refractivity (Wildman–Crippen MR) is 71.7 cm³/mol. The summed E-state index contributed by atoms with van der Waals surface area (Å²) in [6, 6.07) is 14.8. The normalized spacial score (nSPS) is 10.3. The van der Waals surface area contributed by atoms with E-state index in [4.69, 9.17) is 4.74 Å². The first-order valence-electron chi connectivity index (χ1n) is 5.89. The molecule has 0 heterocycles. The molecule has 0 saturated heterocycles. The fourth-order valence-corrected chi connectivity index (χ4v) is 2.19. The number of methoxy groups -OCH3 is 1. The molecule has 2 rings (SSSR count). The summed E-state index contributed by atoms with van der Waals surface area (Å²) in [6.07, 6.45) is 0.962. The molecule has 1 heteroatoms. The number of ether oxygens (including phenoxy) is 1. The molecular weight excluding hydrogens is 208 g/mol. The van der Waals surface area contributed by atoms with Crippen LogP contribution in [0.15, 0.2) is 42.5 Å². The lowest BCUT2D eigenvalue weighted by molar-refractivity contribution is 0.408. The molecule has 0 aromatic heterocycles. The van der Waals surface area contributed by atoms with Crippen molar-refractivity contribution >= 4 is 0 Å². The van der Waals surface area contributed by atoms with Crippen molar-refractivity contribution in [2.24, 2.45) is 0 Å². The van der Waals surface area contributed by atoms with E-state index in [0.29, 0.717) is 0 Å². The van der Waals surface area contributed by atoms with Crippen LogP contribution in [0.5, 0.6) is 5.75 Å². The molecule has 2 aromatic rings. The number of benzene rings is 2. The molecule has 17 heavy (non-hydrogen) atoms. The monoisotopic (exact) mass is 226 g/mol. The Labute approximate surface area is 103 Å². The predicted octanol–water partition coefficient (Wildman–Crippen LogP) is 3.90. The van der Waals surface area contributed by atoms with Crippen LogP contribution in [0.4, 0.5) is 0 Å². The summed E-state index contributed by atoms with van der Waals surface area (Å²) < 4.78 is 5.45. The molecule has 88 valence electrons. The second-order valence-electron chi connectivity index (χ2n) is 4.36. The van der Waals surface area contributed by atoms with Crippen LogP contribution in [0, 0.1) is 13.8 Å². The Balaban J connectivity index is 2.34. The van der Waals surface area contributed by atoms with Crippen LogP contribution < -0.4 is 4.74 Å². The standard InChI is InChI=1S/C16H18O/c1-12-9-10-15(13(2)16(12)17-3)11-14-7-5-4-6-8-14/h4-10H,11H2,1-3H3. The molecule has 0 aliphatic heterocycles. The van der Waals surface area contributed by atoms with Crippen LogP contribution in [0.2, 0.25) is 0 Å². The van der Waals surface area contributed by atoms with Gasteiger partial charge in [-0.2, -0.15) is 0 Å². The second-order valence-corrected chi connectivity index (χ2v) is 4.36. The maximum Gasteiger partial charge on any atom is 0.124 e. The highest BCUT2D eigenvalue weighted by Crippen LogP contribution is 2.27. The van der Waals surface area contributed by atoms with Gasteiger partial charge in [-0.05, 0) is 42.5 Å². The van der Waals surface area contributed by atoms with Crippen LogP contribution in [-0.4, -0.2) is 7.11 Å². The topological polar surface area (TPSA) is 9.23 Å². The average molecular weight is 226 g/mol. The van der Waals surface area contributed by atoms with Gasteiger partial charge in [0, 0.05) is 0 Å². The van der Waals surface area contributed by atoms with Gasteiger partial charge in [0.1, 0.15) is 5.75 Å². The van der Waals surface area contributed by atoms with Crippen molar-refractivity contribution in [3.05, 3.63) is 64.7 Å². The van der Waals surface area contributed by atoms with Gasteiger partial charge in [-0.1, -0.05) is 42.5 Å². The molecule has 0 unspecified atom stereocenters. The van der Waals surface area contributed by atoms with E-state index in [2.05, 4.69) is 50.2 Å². The molecule has 0 fully saturated rings. The highest BCUT2D eigenvalue weighted by molar-refractivity contribution is 5.46. The van der Waals surface area contributed by atoms with Gasteiger partial charge in [0.25, 0.3) is 0 Å². The summed E-state index contributed by atoms with van der Waals surface area (Å²) in [5.41, 5.74) is 5.11. The van der Waals surface area contributed by atoms with Crippen LogP contribution >= 0.6 is 0 Å². The SMILES string of the molecule is COc1c(C)ccc(Cc2ccccc2)c1C. The molecule has 0 aliphatic rings. The Morgan fingerprint density at radius 2 is 1.65 bits per heavy atom. The van der Waals surface area contributed by atoms with Gasteiger partial charge in [0.15, 0.2) is 0 Å². The van der Waals surface area contributed by atoms with Crippen molar-refractivity contribution in [2.45, 2.75) is 20.3 Å². The highest BCUT2D eigenvalue weighted by Gasteiger charge is 2.07. The lowest BCUT2D eigenvalue weighted by Gasteiger charge is -2.13. The Hall–Kier alpha value is -1.76. The first kappa shape index (κ1) is 11.7. The minimum Gasteiger partial charge on any atom is -0.496 e. The zero-order valence-corrected chi connectivity index (χ0v) is 10.7. The molecule has 0 amide bonds. The smallest absolute Gasteiger partial charge is 0.124 e. The average Bonchev–Trinajstić information content (AvgIpc) is 2.35. The van der Waals surface area contributed by atoms with Crippen LogP contribution in [0.25, 0.3) is 0 Å². The van der Waals surface area contributed by atoms with Gasteiger partial charge in [-0.15, -0.1) is 0 Å². The maximum atomic E-state index is 5.45. The van der Waals surface area contributed by atoms with Crippen molar-refractivity contribution in [1.29, 1.82) is 0 Å². The summed E-state index contributed by atoms with van der Waals surface area (Å²) in [5, 5.41) is 0. The van der Waals surface area contributed by atoms with Gasteiger partial charge >= 0.3 is 0 Å². The van der Waals surface area contributed by atoms with Crippen LogP contribution in [0.1, 0.15) is 22.3 Å². The Kier molecular flexibility index (Phi) is 3.48. The van der Waals surface area contributed by atoms with Crippen molar-refractivity contribution in [2.75, 3.05) is 7.11 Å². The van der Waals surface area contributed by atoms with Gasteiger partial charge in [0.2, 0.25) is 0 Å². The number of rotatable bonds is 3. The van der Waals surface area contributed by atoms with E-state index in [1.165, 1.54) is 22.3 Å². The second kappa shape index (κ2) is 5.05. The minimum absolute atomic E-state index is 0.962. The molecular formula is C16H18O. The Morgan fingerprint density at radius 1 is 0.941 bits per heavy atom. The van der Waals surface area contributed by atoms with E-state index in [-0.39, 0.29) is 0 Å². The molecule has 0 spiro atoms. The van der Waals surface area contributed by atoms with E-state index < -0.39 is 0 Å². The molecule has 0 saturated carbocycles. The van der Waals surface area contributed by atoms with E-state index in [9.17, 15) is 0 Å². The van der Waals surface area contributed by atoms with Gasteiger partial charge in [-0.25, -0.2) is 0 Å². The molecule has 2 aromatic carbocycles. The first-order valence-corrected chi connectivity index (χ1v) is 5.89. The summed E-state index contributed by atoms with van der Waals surface area (Å²) in [4.78, 5) is 0. The van der Waals surface area contributed by atoms with E-state index >= 15 is 0 Å². The van der Waals surface area contributed by atoms with Crippen molar-refractivity contribution in [3.63, 3.8) is 0 Å². The van der Waals surface area contributed by atoms with E-state index in [0.717, 1.165) is 12.2 Å². The molecule has 0 aliphatic carbocycles. The van der Waals surface area contributed by atoms with Gasteiger partial charge < -0.3 is 4.74 Å². The lowest BCUT2D eigenvalue weighted by Crippen LogP contribution is -1.97. The molecule has 1 nitrogen and oxygen atoms in total. The van der Waals surface area contributed by atoms with Gasteiger partial charge in [-0.3, -0.25) is 0 Å². The molecule has 0 N–H and O–H groups in total. The van der Waals surface area contributed by atoms with Crippen LogP contribution in [0.3, 0.4) is 0 Å². The van der Waals surface area contributed by atoms with E-state index in [1.807, 2.05) is 6.07 Å². The first-order chi connectivity index (χ1) is 8.22. The van der Waals surface area contributed by atoms with Crippen molar-refractivity contribution < 1.29 is 4.74 Å². The third kappa shape index (κ3) is 2.50. The zero-order valence-electron chi connectivity index (χ0n) is 10.7. The summed E-state index contributed by atoms with van der Waals surface area (Å²) in [7, 11) is 1.74. The fourth-order valence-electron chi connectivity index (χ4n) is 2.19. The summed E-state index contributed by atoms with van der Waals surface area (Å²) in [5.74, 6) is 1.01. The number of aryl methyl sites for hydroxylation is 1. The summed E-state index contributed by atoms with van der Waals surface area (Å²) in [6.45, 7) is 4.21. The Morgan fingerprint density at radius 3 is 2.29 bits per heavy atom. The fraction of sp³-hybridized carbons (Fsp3) is 0.250.